The molecule has 1 unspecified atom stereocenters. The molecule has 1 aromatic heterocycles. The fourth-order valence-corrected chi connectivity index (χ4v) is 7.15. The molecule has 3 aromatic rings. The van der Waals surface area contributed by atoms with Crippen molar-refractivity contribution in [3.8, 4) is 11.3 Å². The molecule has 2 aromatic carbocycles. The van der Waals surface area contributed by atoms with Gasteiger partial charge in [0.25, 0.3) is 5.91 Å². The van der Waals surface area contributed by atoms with Gasteiger partial charge in [-0.15, -0.1) is 0 Å². The van der Waals surface area contributed by atoms with E-state index >= 15 is 0 Å². The normalized spacial score (nSPS) is 21.9. The number of nitrogens with zero attached hydrogens (tertiary/aromatic N) is 2. The Bertz CT molecular complexity index is 1600. The molecule has 6 rings (SSSR count). The van der Waals surface area contributed by atoms with Gasteiger partial charge in [0.2, 0.25) is 10.0 Å². The zero-order valence-electron chi connectivity index (χ0n) is 23.2. The molecule has 2 aliphatic heterocycles. The van der Waals surface area contributed by atoms with Crippen molar-refractivity contribution < 1.29 is 27.3 Å². The summed E-state index contributed by atoms with van der Waals surface area (Å²) >= 11 is 12.9. The Labute approximate surface area is 254 Å². The van der Waals surface area contributed by atoms with Gasteiger partial charge in [-0.2, -0.15) is 0 Å². The Morgan fingerprint density at radius 2 is 1.62 bits per heavy atom. The third-order valence-electron chi connectivity index (χ3n) is 8.32. The van der Waals surface area contributed by atoms with Gasteiger partial charge >= 0.3 is 5.97 Å². The monoisotopic (exact) mass is 631 g/mol. The highest BCUT2D eigenvalue weighted by Gasteiger charge is 2.44. The standard InChI is InChI=1S/C30H31Cl2N3O6S/c1-16(2)42(38,39)34-29(36)18-8-10-19(11-9-18)35-20-12-13-21(35)15-22(14-20)40-30(37)26-27(33-41-28(26)17-6-7-17)25-23(31)4-3-5-24(25)32/h3-5,8-11,16-17,20-22H,6-7,12-15H2,1-2H3,(H,34,36)/t20-,21+,22?. The number of rotatable bonds is 8. The van der Waals surface area contributed by atoms with Crippen molar-refractivity contribution >= 4 is 50.8 Å². The minimum absolute atomic E-state index is 0.128. The Morgan fingerprint density at radius 3 is 2.19 bits per heavy atom. The van der Waals surface area contributed by atoms with Crippen molar-refractivity contribution in [3.05, 3.63) is 69.4 Å². The number of piperidine rings is 1. The first kappa shape index (κ1) is 29.0. The van der Waals surface area contributed by atoms with Crippen molar-refractivity contribution in [2.24, 2.45) is 0 Å². The van der Waals surface area contributed by atoms with Crippen LogP contribution in [0, 0.1) is 0 Å². The number of sulfonamides is 1. The number of halogens is 2. The summed E-state index contributed by atoms with van der Waals surface area (Å²) in [6.07, 6.45) is 4.77. The highest BCUT2D eigenvalue weighted by atomic mass is 35.5. The van der Waals surface area contributed by atoms with Gasteiger partial charge in [0.15, 0.2) is 5.76 Å². The minimum atomic E-state index is -3.72. The van der Waals surface area contributed by atoms with Crippen LogP contribution in [0.4, 0.5) is 5.69 Å². The van der Waals surface area contributed by atoms with Gasteiger partial charge in [0.05, 0.1) is 15.3 Å². The first-order chi connectivity index (χ1) is 20.0. The van der Waals surface area contributed by atoms with E-state index in [0.717, 1.165) is 31.4 Å². The number of fused-ring (bicyclic) bond motifs is 2. The van der Waals surface area contributed by atoms with Gasteiger partial charge in [0.1, 0.15) is 17.4 Å². The first-order valence-corrected chi connectivity index (χ1v) is 16.4. The molecule has 2 saturated heterocycles. The van der Waals surface area contributed by atoms with Crippen LogP contribution in [0.1, 0.15) is 84.8 Å². The smallest absolute Gasteiger partial charge is 0.344 e. The van der Waals surface area contributed by atoms with Crippen LogP contribution in [-0.4, -0.2) is 48.9 Å². The van der Waals surface area contributed by atoms with E-state index in [0.29, 0.717) is 45.5 Å². The SMILES string of the molecule is CC(C)S(=O)(=O)NC(=O)c1ccc(N2[C@@H]3CC[C@H]2CC(OC(=O)c2c(-c4c(Cl)cccc4Cl)noc2C2CC2)C3)cc1. The van der Waals surface area contributed by atoms with Crippen LogP contribution in [0.15, 0.2) is 47.0 Å². The zero-order chi connectivity index (χ0) is 29.8. The molecule has 3 fully saturated rings. The van der Waals surface area contributed by atoms with E-state index in [-0.39, 0.29) is 29.7 Å². The Morgan fingerprint density at radius 1 is 1.00 bits per heavy atom. The molecule has 2 bridgehead atoms. The summed E-state index contributed by atoms with van der Waals surface area (Å²) in [5, 5.41) is 4.26. The van der Waals surface area contributed by atoms with E-state index in [4.69, 9.17) is 32.5 Å². The van der Waals surface area contributed by atoms with E-state index in [1.54, 1.807) is 30.3 Å². The number of anilines is 1. The van der Waals surface area contributed by atoms with Crippen molar-refractivity contribution in [2.75, 3.05) is 4.90 Å². The first-order valence-electron chi connectivity index (χ1n) is 14.1. The Hall–Kier alpha value is -3.08. The average Bonchev–Trinajstić information content (AvgIpc) is 3.63. The summed E-state index contributed by atoms with van der Waals surface area (Å²) in [5.74, 6) is -0.477. The molecular formula is C30H31Cl2N3O6S. The molecule has 1 amide bonds. The van der Waals surface area contributed by atoms with Crippen LogP contribution in [0.3, 0.4) is 0 Å². The topological polar surface area (TPSA) is 119 Å². The van der Waals surface area contributed by atoms with Crippen LogP contribution >= 0.6 is 23.2 Å². The van der Waals surface area contributed by atoms with Crippen LogP contribution < -0.4 is 9.62 Å². The molecule has 3 aliphatic rings. The Balaban J connectivity index is 1.17. The number of carbonyl (C=O) groups is 2. The molecule has 1 saturated carbocycles. The highest BCUT2D eigenvalue weighted by molar-refractivity contribution is 7.90. The molecule has 3 atom stereocenters. The number of nitrogens with one attached hydrogen (secondary N) is 1. The van der Waals surface area contributed by atoms with Gasteiger partial charge in [-0.1, -0.05) is 34.4 Å². The number of hydrogen-bond donors (Lipinski definition) is 1. The third-order valence-corrected chi connectivity index (χ3v) is 10.7. The predicted molar refractivity (Wildman–Crippen MR) is 160 cm³/mol. The van der Waals surface area contributed by atoms with Crippen molar-refractivity contribution in [1.82, 2.24) is 9.88 Å². The summed E-state index contributed by atoms with van der Waals surface area (Å²) in [6.45, 7) is 3.03. The maximum atomic E-state index is 13.7. The lowest BCUT2D eigenvalue weighted by Crippen LogP contribution is -2.46. The Kier molecular flexibility index (Phi) is 7.74. The van der Waals surface area contributed by atoms with Crippen LogP contribution in [-0.2, 0) is 14.8 Å². The fraction of sp³-hybridized carbons (Fsp3) is 0.433. The quantitative estimate of drug-likeness (QED) is 0.286. The van der Waals surface area contributed by atoms with Gasteiger partial charge in [-0.05, 0) is 75.9 Å². The van der Waals surface area contributed by atoms with Gasteiger partial charge in [0, 0.05) is 47.7 Å². The second-order valence-electron chi connectivity index (χ2n) is 11.5. The zero-order valence-corrected chi connectivity index (χ0v) is 25.5. The van der Waals surface area contributed by atoms with E-state index < -0.39 is 27.1 Å². The number of hydrogen-bond acceptors (Lipinski definition) is 8. The van der Waals surface area contributed by atoms with Crippen molar-refractivity contribution in [2.45, 2.75) is 81.7 Å². The summed E-state index contributed by atoms with van der Waals surface area (Å²) in [5.41, 5.74) is 2.28. The molecule has 42 heavy (non-hydrogen) atoms. The maximum Gasteiger partial charge on any atom is 0.344 e. The lowest BCUT2D eigenvalue weighted by molar-refractivity contribution is 0.0202. The highest BCUT2D eigenvalue weighted by Crippen LogP contribution is 2.47. The van der Waals surface area contributed by atoms with Crippen molar-refractivity contribution in [1.29, 1.82) is 0 Å². The second kappa shape index (κ2) is 11.2. The van der Waals surface area contributed by atoms with Crippen LogP contribution in [0.2, 0.25) is 10.0 Å². The number of ether oxygens (including phenoxy) is 1. The molecule has 1 N–H and O–H groups in total. The van der Waals surface area contributed by atoms with E-state index in [1.807, 2.05) is 12.1 Å². The number of carbonyl (C=O) groups excluding carboxylic acids is 2. The number of aromatic nitrogens is 1. The molecular weight excluding hydrogens is 601 g/mol. The van der Waals surface area contributed by atoms with Crippen LogP contribution in [0.5, 0.6) is 0 Å². The lowest BCUT2D eigenvalue weighted by Gasteiger charge is -2.40. The molecule has 12 heteroatoms. The lowest BCUT2D eigenvalue weighted by atomic mass is 9.98. The number of esters is 1. The van der Waals surface area contributed by atoms with E-state index in [1.165, 1.54) is 13.8 Å². The number of amides is 1. The van der Waals surface area contributed by atoms with Crippen molar-refractivity contribution in [3.63, 3.8) is 0 Å². The average molecular weight is 633 g/mol. The summed E-state index contributed by atoms with van der Waals surface area (Å²) < 4.78 is 38.1. The van der Waals surface area contributed by atoms with Crippen LogP contribution in [0.25, 0.3) is 11.3 Å². The van der Waals surface area contributed by atoms with E-state index in [9.17, 15) is 18.0 Å². The molecule has 9 nitrogen and oxygen atoms in total. The summed E-state index contributed by atoms with van der Waals surface area (Å²) in [7, 11) is -3.72. The van der Waals surface area contributed by atoms with E-state index in [2.05, 4.69) is 14.8 Å². The molecule has 0 spiro atoms. The second-order valence-corrected chi connectivity index (χ2v) is 14.6. The van der Waals surface area contributed by atoms with Gasteiger partial charge in [-0.25, -0.2) is 17.9 Å². The fourth-order valence-electron chi connectivity index (χ4n) is 5.97. The maximum absolute atomic E-state index is 13.7. The molecule has 3 heterocycles. The molecule has 1 aliphatic carbocycles. The summed E-state index contributed by atoms with van der Waals surface area (Å²) in [6, 6.07) is 12.4. The van der Waals surface area contributed by atoms with Gasteiger partial charge in [-0.3, -0.25) is 4.79 Å². The largest absolute Gasteiger partial charge is 0.458 e. The molecule has 222 valence electrons. The molecule has 0 radical (unpaired) electrons. The third kappa shape index (κ3) is 5.52. The summed E-state index contributed by atoms with van der Waals surface area (Å²) in [4.78, 5) is 28.5. The predicted octanol–water partition coefficient (Wildman–Crippen LogP) is 6.35. The van der Waals surface area contributed by atoms with Gasteiger partial charge < -0.3 is 14.2 Å². The number of benzene rings is 2. The minimum Gasteiger partial charge on any atom is -0.458 e.